The Morgan fingerprint density at radius 2 is 1.71 bits per heavy atom. The first kappa shape index (κ1) is 18.1. The molecule has 1 aromatic heterocycles. The zero-order chi connectivity index (χ0) is 19.8. The molecule has 0 atom stereocenters. The number of aryl methyl sites for hydroxylation is 2. The summed E-state index contributed by atoms with van der Waals surface area (Å²) in [6, 6.07) is 15.9. The summed E-state index contributed by atoms with van der Waals surface area (Å²) in [5, 5.41) is 0. The molecule has 2 heterocycles. The molecule has 0 amide bonds. The minimum atomic E-state index is 0.00331. The molecule has 4 rings (SSSR count). The molecule has 0 aliphatic carbocycles. The van der Waals surface area contributed by atoms with Crippen LogP contribution in [-0.2, 0) is 17.8 Å². The van der Waals surface area contributed by atoms with Crippen LogP contribution in [0.15, 0.2) is 57.9 Å². The van der Waals surface area contributed by atoms with Crippen molar-refractivity contribution in [3.63, 3.8) is 0 Å². The van der Waals surface area contributed by atoms with Gasteiger partial charge in [-0.1, -0.05) is 36.4 Å². The maximum atomic E-state index is 12.5. The highest BCUT2D eigenvalue weighted by Gasteiger charge is 2.19. The molecule has 1 aliphatic rings. The van der Waals surface area contributed by atoms with Crippen LogP contribution in [0.3, 0.4) is 0 Å². The minimum Gasteiger partial charge on any atom is -0.466 e. The van der Waals surface area contributed by atoms with Gasteiger partial charge in [-0.3, -0.25) is 14.6 Å². The summed E-state index contributed by atoms with van der Waals surface area (Å²) in [6.07, 6.45) is 0.347. The third-order valence-electron chi connectivity index (χ3n) is 5.09. The SMILES string of the molecule is CC(=O)C1=NCc2cc(-c3ccc(CC(=O)c4cc(C)oc4C)cc3)ccc21. The van der Waals surface area contributed by atoms with Crippen LogP contribution in [0.4, 0.5) is 0 Å². The first-order valence-corrected chi connectivity index (χ1v) is 9.30. The summed E-state index contributed by atoms with van der Waals surface area (Å²) >= 11 is 0. The number of aliphatic imine (C=N–C) groups is 1. The first-order chi connectivity index (χ1) is 13.4. The Morgan fingerprint density at radius 1 is 1.00 bits per heavy atom. The second-order valence-corrected chi connectivity index (χ2v) is 7.22. The van der Waals surface area contributed by atoms with Gasteiger partial charge in [0, 0.05) is 18.9 Å². The highest BCUT2D eigenvalue weighted by atomic mass is 16.3. The average molecular weight is 371 g/mol. The molecule has 0 saturated heterocycles. The number of carbonyl (C=O) groups excluding carboxylic acids is 2. The number of hydrogen-bond acceptors (Lipinski definition) is 4. The van der Waals surface area contributed by atoms with Crippen LogP contribution in [0.25, 0.3) is 11.1 Å². The van der Waals surface area contributed by atoms with E-state index in [9.17, 15) is 9.59 Å². The standard InChI is InChI=1S/C24H21NO3/c1-14-10-22(16(3)28-14)23(27)11-17-4-6-18(7-5-17)19-8-9-21-20(12-19)13-25-24(21)15(2)26/h4-10,12H,11,13H2,1-3H3. The number of Topliss-reactive ketones (excluding diaryl/α,β-unsaturated/α-hetero) is 2. The van der Waals surface area contributed by atoms with Gasteiger partial charge < -0.3 is 4.42 Å². The number of benzene rings is 2. The number of fused-ring (bicyclic) bond motifs is 1. The third kappa shape index (κ3) is 3.33. The second-order valence-electron chi connectivity index (χ2n) is 7.22. The molecule has 0 radical (unpaired) electrons. The summed E-state index contributed by atoms with van der Waals surface area (Å²) < 4.78 is 5.46. The van der Waals surface area contributed by atoms with Gasteiger partial charge in [0.05, 0.1) is 12.1 Å². The molecule has 140 valence electrons. The molecule has 3 aromatic rings. The lowest BCUT2D eigenvalue weighted by Crippen LogP contribution is -2.09. The summed E-state index contributed by atoms with van der Waals surface area (Å²) in [5.74, 6) is 1.49. The molecule has 4 nitrogen and oxygen atoms in total. The smallest absolute Gasteiger partial charge is 0.178 e. The lowest BCUT2D eigenvalue weighted by molar-refractivity contribution is -0.111. The number of furan rings is 1. The van der Waals surface area contributed by atoms with Crippen molar-refractivity contribution in [2.75, 3.05) is 0 Å². The number of carbonyl (C=O) groups is 2. The summed E-state index contributed by atoms with van der Waals surface area (Å²) in [4.78, 5) is 28.5. The van der Waals surface area contributed by atoms with Crippen molar-refractivity contribution in [2.24, 2.45) is 4.99 Å². The van der Waals surface area contributed by atoms with Crippen molar-refractivity contribution < 1.29 is 14.0 Å². The van der Waals surface area contributed by atoms with Crippen LogP contribution in [-0.4, -0.2) is 17.3 Å². The van der Waals surface area contributed by atoms with Crippen LogP contribution < -0.4 is 0 Å². The van der Waals surface area contributed by atoms with Gasteiger partial charge in [0.2, 0.25) is 0 Å². The van der Waals surface area contributed by atoms with Gasteiger partial charge >= 0.3 is 0 Å². The number of ketones is 2. The lowest BCUT2D eigenvalue weighted by Gasteiger charge is -2.07. The molecular weight excluding hydrogens is 350 g/mol. The lowest BCUT2D eigenvalue weighted by atomic mass is 9.96. The maximum absolute atomic E-state index is 12.5. The van der Waals surface area contributed by atoms with Gasteiger partial charge in [0.15, 0.2) is 11.6 Å². The normalized spacial score (nSPS) is 12.6. The van der Waals surface area contributed by atoms with Crippen LogP contribution in [0.5, 0.6) is 0 Å². The first-order valence-electron chi connectivity index (χ1n) is 9.30. The van der Waals surface area contributed by atoms with E-state index in [-0.39, 0.29) is 11.6 Å². The number of nitrogens with zero attached hydrogens (tertiary/aromatic N) is 1. The molecule has 28 heavy (non-hydrogen) atoms. The van der Waals surface area contributed by atoms with E-state index in [0.717, 1.165) is 33.6 Å². The molecule has 0 fully saturated rings. The fourth-order valence-electron chi connectivity index (χ4n) is 3.69. The van der Waals surface area contributed by atoms with Gasteiger partial charge in [-0.05, 0) is 48.2 Å². The van der Waals surface area contributed by atoms with E-state index in [1.165, 1.54) is 0 Å². The topological polar surface area (TPSA) is 59.6 Å². The minimum absolute atomic E-state index is 0.00331. The summed E-state index contributed by atoms with van der Waals surface area (Å²) in [5.41, 5.74) is 6.36. The van der Waals surface area contributed by atoms with Crippen LogP contribution >= 0.6 is 0 Å². The molecule has 0 N–H and O–H groups in total. The van der Waals surface area contributed by atoms with Gasteiger partial charge in [0.1, 0.15) is 17.2 Å². The van der Waals surface area contributed by atoms with Crippen molar-refractivity contribution in [3.8, 4) is 11.1 Å². The van der Waals surface area contributed by atoms with Crippen LogP contribution in [0, 0.1) is 13.8 Å². The van der Waals surface area contributed by atoms with Crippen molar-refractivity contribution in [3.05, 3.63) is 82.3 Å². The molecule has 0 spiro atoms. The Labute approximate surface area is 163 Å². The van der Waals surface area contributed by atoms with E-state index in [2.05, 4.69) is 11.1 Å². The van der Waals surface area contributed by atoms with Crippen molar-refractivity contribution in [2.45, 2.75) is 33.7 Å². The highest BCUT2D eigenvalue weighted by Crippen LogP contribution is 2.27. The Balaban J connectivity index is 1.52. The molecule has 2 aromatic carbocycles. The Kier molecular flexibility index (Phi) is 4.55. The monoisotopic (exact) mass is 371 g/mol. The van der Waals surface area contributed by atoms with Crippen molar-refractivity contribution in [1.82, 2.24) is 0 Å². The number of rotatable bonds is 5. The van der Waals surface area contributed by atoms with Crippen LogP contribution in [0.2, 0.25) is 0 Å². The third-order valence-corrected chi connectivity index (χ3v) is 5.09. The molecule has 1 aliphatic heterocycles. The maximum Gasteiger partial charge on any atom is 0.178 e. The quantitative estimate of drug-likeness (QED) is 0.601. The Morgan fingerprint density at radius 3 is 2.36 bits per heavy atom. The average Bonchev–Trinajstić information content (AvgIpc) is 3.24. The van der Waals surface area contributed by atoms with Gasteiger partial charge in [-0.2, -0.15) is 0 Å². The largest absolute Gasteiger partial charge is 0.466 e. The Bertz CT molecular complexity index is 1120. The van der Waals surface area contributed by atoms with E-state index < -0.39 is 0 Å². The number of hydrogen-bond donors (Lipinski definition) is 0. The summed E-state index contributed by atoms with van der Waals surface area (Å²) in [6.45, 7) is 5.76. The van der Waals surface area contributed by atoms with Crippen LogP contribution in [0.1, 0.15) is 45.5 Å². The van der Waals surface area contributed by atoms with E-state index in [1.54, 1.807) is 13.0 Å². The zero-order valence-corrected chi connectivity index (χ0v) is 16.2. The predicted octanol–water partition coefficient (Wildman–Crippen LogP) is 4.88. The van der Waals surface area contributed by atoms with Crippen molar-refractivity contribution in [1.29, 1.82) is 0 Å². The fraction of sp³-hybridized carbons (Fsp3) is 0.208. The van der Waals surface area contributed by atoms with E-state index in [0.29, 0.717) is 30.0 Å². The summed E-state index contributed by atoms with van der Waals surface area (Å²) in [7, 11) is 0. The van der Waals surface area contributed by atoms with Gasteiger partial charge in [-0.15, -0.1) is 0 Å². The molecule has 0 bridgehead atoms. The zero-order valence-electron chi connectivity index (χ0n) is 16.2. The van der Waals surface area contributed by atoms with E-state index in [1.807, 2.05) is 50.2 Å². The predicted molar refractivity (Wildman–Crippen MR) is 109 cm³/mol. The molecular formula is C24H21NO3. The van der Waals surface area contributed by atoms with Gasteiger partial charge in [-0.25, -0.2) is 0 Å². The van der Waals surface area contributed by atoms with Crippen molar-refractivity contribution >= 4 is 17.3 Å². The van der Waals surface area contributed by atoms with E-state index >= 15 is 0 Å². The second kappa shape index (κ2) is 7.04. The van der Waals surface area contributed by atoms with Gasteiger partial charge in [0.25, 0.3) is 0 Å². The molecule has 4 heteroatoms. The fourth-order valence-corrected chi connectivity index (χ4v) is 3.69. The molecule has 0 saturated carbocycles. The Hall–Kier alpha value is -3.27. The highest BCUT2D eigenvalue weighted by molar-refractivity contribution is 6.46. The molecule has 0 unspecified atom stereocenters. The van der Waals surface area contributed by atoms with E-state index in [4.69, 9.17) is 4.42 Å².